The van der Waals surface area contributed by atoms with Crippen LogP contribution in [-0.2, 0) is 0 Å². The molecule has 0 fully saturated rings. The first-order chi connectivity index (χ1) is 7.81. The monoisotopic (exact) mass is 210 g/mol. The zero-order valence-corrected chi connectivity index (χ0v) is 8.11. The van der Waals surface area contributed by atoms with E-state index in [0.29, 0.717) is 11.2 Å². The first kappa shape index (κ1) is 8.68. The summed E-state index contributed by atoms with van der Waals surface area (Å²) in [7, 11) is 0. The molecule has 3 rings (SSSR count). The number of rotatable bonds is 0. The Morgan fingerprint density at radius 2 is 2.31 bits per heavy atom. The summed E-state index contributed by atoms with van der Waals surface area (Å²) in [5.41, 5.74) is 1.13. The third kappa shape index (κ3) is 0.982. The van der Waals surface area contributed by atoms with Gasteiger partial charge in [0.15, 0.2) is 5.49 Å². The molecule has 0 saturated carbocycles. The van der Waals surface area contributed by atoms with Gasteiger partial charge in [-0.05, 0) is 17.5 Å². The summed E-state index contributed by atoms with van der Waals surface area (Å²) in [5.74, 6) is 0. The van der Waals surface area contributed by atoms with Crippen LogP contribution in [0, 0.1) is 16.7 Å². The maximum atomic E-state index is 9.00. The van der Waals surface area contributed by atoms with Crippen LogP contribution >= 0.6 is 0 Å². The van der Waals surface area contributed by atoms with Crippen LogP contribution in [0.4, 0.5) is 0 Å². The molecule has 76 valence electrons. The molecule has 0 unspecified atom stereocenters. The molecule has 0 saturated heterocycles. The molecule has 5 nitrogen and oxygen atoms in total. The number of pyridine rings is 2. The number of nitriles is 1. The summed E-state index contributed by atoms with van der Waals surface area (Å²) in [6.45, 7) is 0. The second kappa shape index (κ2) is 2.94. The highest BCUT2D eigenvalue weighted by atomic mass is 16.3. The Bertz CT molecular complexity index is 786. The number of aromatic amines is 1. The molecule has 0 radical (unpaired) electrons. The van der Waals surface area contributed by atoms with Crippen LogP contribution < -0.4 is 5.49 Å². The summed E-state index contributed by atoms with van der Waals surface area (Å²) in [6.07, 6.45) is 3.26. The molecule has 0 spiro atoms. The molecule has 0 aliphatic carbocycles. The van der Waals surface area contributed by atoms with E-state index in [1.165, 1.54) is 6.26 Å². The standard InChI is InChI=1S/C11H6N4O/c12-5-7-9-8-6(1-3-14-9)2-4-16-11(8)15-10(7)13/h1-4,13-14H. The van der Waals surface area contributed by atoms with Crippen LogP contribution in [0.5, 0.6) is 0 Å². The van der Waals surface area contributed by atoms with Gasteiger partial charge in [-0.1, -0.05) is 0 Å². The molecule has 5 heteroatoms. The molecule has 0 aliphatic heterocycles. The summed E-state index contributed by atoms with van der Waals surface area (Å²) in [5, 5.41) is 18.3. The highest BCUT2D eigenvalue weighted by Gasteiger charge is 2.11. The second-order valence-electron chi connectivity index (χ2n) is 3.36. The van der Waals surface area contributed by atoms with Crippen molar-refractivity contribution in [3.8, 4) is 6.07 Å². The maximum Gasteiger partial charge on any atom is 0.230 e. The number of hydrogen-bond donors (Lipinski definition) is 2. The van der Waals surface area contributed by atoms with Gasteiger partial charge in [0.05, 0.1) is 17.2 Å². The summed E-state index contributed by atoms with van der Waals surface area (Å²) >= 11 is 0. The van der Waals surface area contributed by atoms with Crippen LogP contribution in [0.3, 0.4) is 0 Å². The van der Waals surface area contributed by atoms with E-state index in [4.69, 9.17) is 15.1 Å². The first-order valence-electron chi connectivity index (χ1n) is 4.64. The smallest absolute Gasteiger partial charge is 0.230 e. The number of aromatic nitrogens is 2. The Hall–Kier alpha value is -2.61. The maximum absolute atomic E-state index is 9.00. The molecule has 3 aromatic rings. The predicted octanol–water partition coefficient (Wildman–Crippen LogP) is 1.66. The Kier molecular flexibility index (Phi) is 1.59. The van der Waals surface area contributed by atoms with Crippen molar-refractivity contribution in [2.24, 2.45) is 0 Å². The molecule has 0 bridgehead atoms. The molecule has 3 heterocycles. The van der Waals surface area contributed by atoms with E-state index < -0.39 is 0 Å². The van der Waals surface area contributed by atoms with Crippen molar-refractivity contribution in [1.82, 2.24) is 9.97 Å². The average molecular weight is 210 g/mol. The van der Waals surface area contributed by atoms with Crippen molar-refractivity contribution < 1.29 is 4.42 Å². The van der Waals surface area contributed by atoms with Crippen molar-refractivity contribution in [2.75, 3.05) is 0 Å². The molecule has 0 aliphatic rings. The van der Waals surface area contributed by atoms with Crippen LogP contribution in [-0.4, -0.2) is 9.97 Å². The van der Waals surface area contributed by atoms with Crippen LogP contribution in [0.2, 0.25) is 0 Å². The number of nitrogens with zero attached hydrogens (tertiary/aromatic N) is 2. The molecular weight excluding hydrogens is 204 g/mol. The Morgan fingerprint density at radius 3 is 3.12 bits per heavy atom. The number of nitrogens with one attached hydrogen (secondary N) is 2. The van der Waals surface area contributed by atoms with E-state index in [1.807, 2.05) is 12.1 Å². The molecule has 0 aromatic carbocycles. The van der Waals surface area contributed by atoms with Gasteiger partial charge in [0, 0.05) is 6.20 Å². The van der Waals surface area contributed by atoms with Gasteiger partial charge < -0.3 is 9.40 Å². The van der Waals surface area contributed by atoms with Gasteiger partial charge >= 0.3 is 0 Å². The third-order valence-corrected chi connectivity index (χ3v) is 2.48. The molecule has 0 amide bonds. The quantitative estimate of drug-likeness (QED) is 0.591. The minimum atomic E-state index is -0.0753. The summed E-state index contributed by atoms with van der Waals surface area (Å²) < 4.78 is 5.23. The van der Waals surface area contributed by atoms with Gasteiger partial charge in [-0.2, -0.15) is 10.2 Å². The predicted molar refractivity (Wildman–Crippen MR) is 56.4 cm³/mol. The lowest BCUT2D eigenvalue weighted by molar-refractivity contribution is 0.590. The normalized spacial score (nSPS) is 10.7. The van der Waals surface area contributed by atoms with Gasteiger partial charge in [-0.25, -0.2) is 0 Å². The molecular formula is C11H6N4O. The van der Waals surface area contributed by atoms with E-state index in [0.717, 1.165) is 10.8 Å². The zero-order valence-electron chi connectivity index (χ0n) is 8.11. The zero-order chi connectivity index (χ0) is 11.1. The second-order valence-corrected chi connectivity index (χ2v) is 3.36. The lowest BCUT2D eigenvalue weighted by atomic mass is 10.1. The topological polar surface area (TPSA) is 89.5 Å². The van der Waals surface area contributed by atoms with Gasteiger partial charge in [-0.3, -0.25) is 5.41 Å². The highest BCUT2D eigenvalue weighted by Crippen LogP contribution is 2.23. The van der Waals surface area contributed by atoms with Crippen LogP contribution in [0.25, 0.3) is 22.0 Å². The van der Waals surface area contributed by atoms with E-state index in [2.05, 4.69) is 9.97 Å². The Morgan fingerprint density at radius 1 is 1.44 bits per heavy atom. The average Bonchev–Trinajstić information content (AvgIpc) is 2.30. The third-order valence-electron chi connectivity index (χ3n) is 2.48. The summed E-state index contributed by atoms with van der Waals surface area (Å²) in [4.78, 5) is 6.92. The van der Waals surface area contributed by atoms with Gasteiger partial charge in [0.2, 0.25) is 5.71 Å². The van der Waals surface area contributed by atoms with E-state index in [-0.39, 0.29) is 11.1 Å². The fourth-order valence-electron chi connectivity index (χ4n) is 1.78. The van der Waals surface area contributed by atoms with Crippen molar-refractivity contribution >= 4 is 22.0 Å². The van der Waals surface area contributed by atoms with E-state index in [9.17, 15) is 0 Å². The van der Waals surface area contributed by atoms with Crippen LogP contribution in [0.15, 0.2) is 29.0 Å². The fraction of sp³-hybridized carbons (Fsp3) is 0. The van der Waals surface area contributed by atoms with Crippen LogP contribution in [0.1, 0.15) is 5.56 Å². The molecule has 16 heavy (non-hydrogen) atoms. The number of hydrogen-bond acceptors (Lipinski definition) is 4. The molecule has 2 N–H and O–H groups in total. The van der Waals surface area contributed by atoms with Gasteiger partial charge in [0.25, 0.3) is 0 Å². The van der Waals surface area contributed by atoms with Gasteiger partial charge in [0.1, 0.15) is 11.6 Å². The number of H-pyrrole nitrogens is 1. The SMILES string of the molecule is N#Cc1c(=N)nc2occc3cc[nH]c1c32. The first-order valence-corrected chi connectivity index (χ1v) is 4.64. The largest absolute Gasteiger partial charge is 0.446 e. The van der Waals surface area contributed by atoms with Crippen molar-refractivity contribution in [3.63, 3.8) is 0 Å². The molecule has 3 aromatic heterocycles. The Labute approximate surface area is 89.5 Å². The van der Waals surface area contributed by atoms with E-state index in [1.54, 1.807) is 12.3 Å². The van der Waals surface area contributed by atoms with Crippen molar-refractivity contribution in [3.05, 3.63) is 35.6 Å². The minimum Gasteiger partial charge on any atom is -0.446 e. The van der Waals surface area contributed by atoms with Crippen molar-refractivity contribution in [1.29, 1.82) is 10.7 Å². The van der Waals surface area contributed by atoms with Crippen molar-refractivity contribution in [2.45, 2.75) is 0 Å². The van der Waals surface area contributed by atoms with E-state index >= 15 is 0 Å². The fourth-order valence-corrected chi connectivity index (χ4v) is 1.78. The molecule has 0 atom stereocenters. The lowest BCUT2D eigenvalue weighted by Crippen LogP contribution is -2.11. The Balaban J connectivity index is 2.75. The summed E-state index contributed by atoms with van der Waals surface area (Å²) in [6, 6.07) is 5.65. The van der Waals surface area contributed by atoms with Gasteiger partial charge in [-0.15, -0.1) is 0 Å². The lowest BCUT2D eigenvalue weighted by Gasteiger charge is -2.04. The highest BCUT2D eigenvalue weighted by molar-refractivity contribution is 6.05. The minimum absolute atomic E-state index is 0.0753.